The number of benzene rings is 2. The van der Waals surface area contributed by atoms with Crippen LogP contribution in [-0.2, 0) is 0 Å². The Hall–Kier alpha value is -1.46. The molecule has 0 aliphatic carbocycles. The molecule has 1 saturated heterocycles. The molecule has 0 spiro atoms. The molecule has 1 heterocycles. The molecule has 1 unspecified atom stereocenters. The van der Waals surface area contributed by atoms with Gasteiger partial charge in [0.1, 0.15) is 11.5 Å². The summed E-state index contributed by atoms with van der Waals surface area (Å²) in [5.74, 6) is 1.61. The van der Waals surface area contributed by atoms with Gasteiger partial charge in [0.2, 0.25) is 0 Å². The third-order valence-corrected chi connectivity index (χ3v) is 5.29. The Morgan fingerprint density at radius 3 is 2.54 bits per heavy atom. The summed E-state index contributed by atoms with van der Waals surface area (Å²) in [6.07, 6.45) is 1.08. The summed E-state index contributed by atoms with van der Waals surface area (Å²) < 4.78 is 11.1. The standard InChI is InChI=1S/C20H24Cl2N2O2/c1-25-15-5-7-19(26-2)17(13-15)20(24-10-3-8-23-9-11-24)16-6-4-14(21)12-18(16)22/h4-7,12-13,20,23H,3,8-11H2,1-2H3. The van der Waals surface area contributed by atoms with E-state index in [0.717, 1.165) is 55.2 Å². The molecule has 0 bridgehead atoms. The molecule has 3 rings (SSSR count). The molecule has 4 nitrogen and oxygen atoms in total. The zero-order valence-electron chi connectivity index (χ0n) is 15.1. The van der Waals surface area contributed by atoms with Crippen molar-refractivity contribution < 1.29 is 9.47 Å². The van der Waals surface area contributed by atoms with Crippen LogP contribution in [0.25, 0.3) is 0 Å². The van der Waals surface area contributed by atoms with E-state index in [1.165, 1.54) is 0 Å². The largest absolute Gasteiger partial charge is 0.497 e. The number of halogens is 2. The molecule has 140 valence electrons. The third-order valence-electron chi connectivity index (χ3n) is 4.73. The lowest BCUT2D eigenvalue weighted by Gasteiger charge is -2.33. The second-order valence-corrected chi connectivity index (χ2v) is 7.16. The summed E-state index contributed by atoms with van der Waals surface area (Å²) >= 11 is 12.7. The summed E-state index contributed by atoms with van der Waals surface area (Å²) in [6.45, 7) is 3.85. The molecule has 2 aromatic rings. The van der Waals surface area contributed by atoms with Gasteiger partial charge in [-0.1, -0.05) is 29.3 Å². The fraction of sp³-hybridized carbons (Fsp3) is 0.400. The molecular formula is C20H24Cl2N2O2. The molecule has 6 heteroatoms. The van der Waals surface area contributed by atoms with Crippen molar-refractivity contribution in [2.75, 3.05) is 40.4 Å². The van der Waals surface area contributed by atoms with Crippen LogP contribution in [0.5, 0.6) is 11.5 Å². The molecule has 1 atom stereocenters. The highest BCUT2D eigenvalue weighted by atomic mass is 35.5. The second-order valence-electron chi connectivity index (χ2n) is 6.32. The lowest BCUT2D eigenvalue weighted by molar-refractivity contribution is 0.236. The molecule has 26 heavy (non-hydrogen) atoms. The SMILES string of the molecule is COc1ccc(OC)c(C(c2ccc(Cl)cc2Cl)N2CCCNCC2)c1. The van der Waals surface area contributed by atoms with Crippen LogP contribution in [-0.4, -0.2) is 45.3 Å². The summed E-state index contributed by atoms with van der Waals surface area (Å²) in [7, 11) is 3.36. The molecule has 0 amide bonds. The van der Waals surface area contributed by atoms with Gasteiger partial charge in [-0.3, -0.25) is 4.90 Å². The third kappa shape index (κ3) is 4.26. The Balaban J connectivity index is 2.14. The number of nitrogens with one attached hydrogen (secondary N) is 1. The number of rotatable bonds is 5. The topological polar surface area (TPSA) is 33.7 Å². The highest BCUT2D eigenvalue weighted by Crippen LogP contribution is 2.40. The molecule has 1 N–H and O–H groups in total. The van der Waals surface area contributed by atoms with E-state index in [1.807, 2.05) is 30.3 Å². The number of nitrogens with zero attached hydrogens (tertiary/aromatic N) is 1. The first-order valence-electron chi connectivity index (χ1n) is 8.75. The van der Waals surface area contributed by atoms with Gasteiger partial charge in [-0.05, 0) is 48.9 Å². The fourth-order valence-corrected chi connectivity index (χ4v) is 3.97. The van der Waals surface area contributed by atoms with Gasteiger partial charge in [0.15, 0.2) is 0 Å². The molecular weight excluding hydrogens is 371 g/mol. The van der Waals surface area contributed by atoms with Crippen molar-refractivity contribution in [3.8, 4) is 11.5 Å². The number of methoxy groups -OCH3 is 2. The minimum atomic E-state index is -0.0373. The van der Waals surface area contributed by atoms with Gasteiger partial charge >= 0.3 is 0 Å². The first-order valence-corrected chi connectivity index (χ1v) is 9.51. The van der Waals surface area contributed by atoms with Crippen LogP contribution in [0.3, 0.4) is 0 Å². The zero-order chi connectivity index (χ0) is 18.5. The summed E-state index contributed by atoms with van der Waals surface area (Å²) in [6, 6.07) is 11.5. The van der Waals surface area contributed by atoms with E-state index in [9.17, 15) is 0 Å². The Morgan fingerprint density at radius 1 is 0.962 bits per heavy atom. The summed E-state index contributed by atoms with van der Waals surface area (Å²) in [4.78, 5) is 2.44. The summed E-state index contributed by atoms with van der Waals surface area (Å²) in [5, 5.41) is 4.75. The predicted molar refractivity (Wildman–Crippen MR) is 107 cm³/mol. The lowest BCUT2D eigenvalue weighted by Crippen LogP contribution is -2.33. The monoisotopic (exact) mass is 394 g/mol. The molecule has 0 aromatic heterocycles. The normalized spacial score (nSPS) is 16.8. The van der Waals surface area contributed by atoms with Gasteiger partial charge in [0.05, 0.1) is 20.3 Å². The summed E-state index contributed by atoms with van der Waals surface area (Å²) in [5.41, 5.74) is 2.06. The smallest absolute Gasteiger partial charge is 0.124 e. The molecule has 0 radical (unpaired) electrons. The van der Waals surface area contributed by atoms with Crippen LogP contribution in [0.4, 0.5) is 0 Å². The van der Waals surface area contributed by atoms with Crippen LogP contribution in [0.2, 0.25) is 10.0 Å². The van der Waals surface area contributed by atoms with Crippen LogP contribution in [0.15, 0.2) is 36.4 Å². The van der Waals surface area contributed by atoms with Crippen LogP contribution >= 0.6 is 23.2 Å². The van der Waals surface area contributed by atoms with E-state index in [0.29, 0.717) is 10.0 Å². The average Bonchev–Trinajstić information content (AvgIpc) is 2.93. The maximum absolute atomic E-state index is 6.60. The maximum Gasteiger partial charge on any atom is 0.124 e. The number of hydrogen-bond acceptors (Lipinski definition) is 4. The maximum atomic E-state index is 6.60. The Kier molecular flexibility index (Phi) is 6.65. The van der Waals surface area contributed by atoms with Crippen molar-refractivity contribution in [2.24, 2.45) is 0 Å². The van der Waals surface area contributed by atoms with Crippen molar-refractivity contribution in [3.05, 3.63) is 57.6 Å². The molecule has 1 fully saturated rings. The first kappa shape index (κ1) is 19.3. The zero-order valence-corrected chi connectivity index (χ0v) is 16.6. The van der Waals surface area contributed by atoms with Crippen molar-refractivity contribution in [3.63, 3.8) is 0 Å². The number of ether oxygens (including phenoxy) is 2. The second kappa shape index (κ2) is 8.96. The van der Waals surface area contributed by atoms with Crippen LogP contribution in [0, 0.1) is 0 Å². The Labute approximate surface area is 165 Å². The van der Waals surface area contributed by atoms with Crippen LogP contribution < -0.4 is 14.8 Å². The van der Waals surface area contributed by atoms with Gasteiger partial charge in [-0.15, -0.1) is 0 Å². The van der Waals surface area contributed by atoms with Crippen molar-refractivity contribution in [2.45, 2.75) is 12.5 Å². The Bertz CT molecular complexity index is 747. The Morgan fingerprint density at radius 2 is 1.81 bits per heavy atom. The fourth-order valence-electron chi connectivity index (χ4n) is 3.46. The number of hydrogen-bond donors (Lipinski definition) is 1. The van der Waals surface area contributed by atoms with E-state index in [1.54, 1.807) is 20.3 Å². The highest BCUT2D eigenvalue weighted by molar-refractivity contribution is 6.35. The van der Waals surface area contributed by atoms with Crippen molar-refractivity contribution in [1.29, 1.82) is 0 Å². The van der Waals surface area contributed by atoms with Gasteiger partial charge in [-0.2, -0.15) is 0 Å². The first-order chi connectivity index (χ1) is 12.6. The molecule has 2 aromatic carbocycles. The van der Waals surface area contributed by atoms with E-state index in [-0.39, 0.29) is 6.04 Å². The van der Waals surface area contributed by atoms with Gasteiger partial charge < -0.3 is 14.8 Å². The van der Waals surface area contributed by atoms with Gasteiger partial charge in [0.25, 0.3) is 0 Å². The van der Waals surface area contributed by atoms with Crippen LogP contribution in [0.1, 0.15) is 23.6 Å². The minimum Gasteiger partial charge on any atom is -0.497 e. The molecule has 1 aliphatic rings. The van der Waals surface area contributed by atoms with Crippen molar-refractivity contribution in [1.82, 2.24) is 10.2 Å². The van der Waals surface area contributed by atoms with E-state index < -0.39 is 0 Å². The minimum absolute atomic E-state index is 0.0373. The van der Waals surface area contributed by atoms with E-state index in [4.69, 9.17) is 32.7 Å². The molecule has 1 aliphatic heterocycles. The quantitative estimate of drug-likeness (QED) is 0.814. The van der Waals surface area contributed by atoms with E-state index >= 15 is 0 Å². The van der Waals surface area contributed by atoms with Gasteiger partial charge in [0, 0.05) is 35.2 Å². The predicted octanol–water partition coefficient (Wildman–Crippen LogP) is 4.40. The average molecular weight is 395 g/mol. The van der Waals surface area contributed by atoms with E-state index in [2.05, 4.69) is 10.2 Å². The molecule has 0 saturated carbocycles. The van der Waals surface area contributed by atoms with Crippen molar-refractivity contribution >= 4 is 23.2 Å². The lowest BCUT2D eigenvalue weighted by atomic mass is 9.95. The highest BCUT2D eigenvalue weighted by Gasteiger charge is 2.28. The van der Waals surface area contributed by atoms with Gasteiger partial charge in [-0.25, -0.2) is 0 Å².